The highest BCUT2D eigenvalue weighted by atomic mass is 16.8. The number of hydrogen-bond acceptors (Lipinski definition) is 21. The number of nitrogens with one attached hydrogen (secondary N) is 4. The van der Waals surface area contributed by atoms with Crippen LogP contribution < -0.4 is 21.3 Å². The topological polar surface area (TPSA) is 391 Å². The maximum atomic E-state index is 12.4. The molecule has 0 aliphatic carbocycles. The van der Waals surface area contributed by atoms with E-state index in [1.807, 2.05) is 0 Å². The van der Waals surface area contributed by atoms with Crippen LogP contribution in [0.1, 0.15) is 65.2 Å². The van der Waals surface area contributed by atoms with Gasteiger partial charge in [0.25, 0.3) is 0 Å². The van der Waals surface area contributed by atoms with Gasteiger partial charge in [0.2, 0.25) is 23.6 Å². The van der Waals surface area contributed by atoms with Crippen molar-refractivity contribution >= 4 is 29.4 Å². The summed E-state index contributed by atoms with van der Waals surface area (Å²) in [5, 5.41) is 113. The predicted octanol–water partition coefficient (Wildman–Crippen LogP) is -6.99. The molecular formula is C38H66N4O21. The molecule has 0 aromatic heterocycles. The Morgan fingerprint density at radius 3 is 1.67 bits per heavy atom. The van der Waals surface area contributed by atoms with E-state index in [2.05, 4.69) is 21.3 Å². The van der Waals surface area contributed by atoms with E-state index >= 15 is 0 Å². The van der Waals surface area contributed by atoms with Crippen LogP contribution in [0.3, 0.4) is 0 Å². The summed E-state index contributed by atoms with van der Waals surface area (Å²) in [5.41, 5.74) is 0. The Kier molecular flexibility index (Phi) is 23.6. The Labute approximate surface area is 363 Å². The summed E-state index contributed by atoms with van der Waals surface area (Å²) in [6, 6.07) is -2.02. The van der Waals surface area contributed by atoms with E-state index in [4.69, 9.17) is 33.5 Å². The first kappa shape index (κ1) is 54.2. The lowest BCUT2D eigenvalue weighted by atomic mass is 9.95. The first-order valence-electron chi connectivity index (χ1n) is 21.0. The second kappa shape index (κ2) is 27.4. The Balaban J connectivity index is 1.44. The first-order valence-corrected chi connectivity index (χ1v) is 21.0. The third kappa shape index (κ3) is 16.4. The van der Waals surface area contributed by atoms with Gasteiger partial charge in [0.05, 0.1) is 32.5 Å². The standard InChI is InChI=1S/C38H66N4O21/c1-18(47)20(42-26(51)17-46)8-5-6-11-39-24(49)9-3-4-10-25(50)40-12-7-13-58-36-27(41-19(2)48)30(54)34(23(16-45)61-36)62-38-33(57)35(29(53)22(15-44)60-38)63-37-32(56)31(55)28(52)21(14-43)59-37/h20-23,27-38,43-46,52-57H,3-17H2,1-2H3,(H,39,49)(H,40,50)(H,41,48)(H,42,51)/t20-,21?,22?,23?,27?,28-,29-,30+,31?,32-,33?,34+,35-,36+,37+,38-/m0/s1. The molecule has 25 heteroatoms. The van der Waals surface area contributed by atoms with Gasteiger partial charge in [-0.25, -0.2) is 0 Å². The molecule has 0 aromatic rings. The van der Waals surface area contributed by atoms with Crippen LogP contribution >= 0.6 is 0 Å². The molecule has 0 radical (unpaired) electrons. The maximum absolute atomic E-state index is 12.4. The van der Waals surface area contributed by atoms with Gasteiger partial charge >= 0.3 is 0 Å². The fraction of sp³-hybridized carbons (Fsp3) is 0.868. The molecule has 0 aromatic carbocycles. The molecule has 4 amide bonds. The van der Waals surface area contributed by atoms with E-state index in [-0.39, 0.29) is 50.0 Å². The van der Waals surface area contributed by atoms with Crippen LogP contribution in [0.4, 0.5) is 0 Å². The zero-order valence-corrected chi connectivity index (χ0v) is 35.3. The van der Waals surface area contributed by atoms with Gasteiger partial charge < -0.3 is 101 Å². The van der Waals surface area contributed by atoms with Crippen LogP contribution in [-0.2, 0) is 52.4 Å². The minimum atomic E-state index is -1.97. The van der Waals surface area contributed by atoms with Crippen LogP contribution in [0.15, 0.2) is 0 Å². The Bertz CT molecular complexity index is 1430. The monoisotopic (exact) mass is 914 g/mol. The second-order valence-electron chi connectivity index (χ2n) is 15.6. The van der Waals surface area contributed by atoms with E-state index < -0.39 is 136 Å². The number of ether oxygens (including phenoxy) is 6. The highest BCUT2D eigenvalue weighted by Gasteiger charge is 2.54. The quantitative estimate of drug-likeness (QED) is 0.0359. The molecule has 3 rings (SSSR count). The molecule has 3 aliphatic heterocycles. The highest BCUT2D eigenvalue weighted by Crippen LogP contribution is 2.33. The Morgan fingerprint density at radius 1 is 0.571 bits per heavy atom. The molecule has 63 heavy (non-hydrogen) atoms. The van der Waals surface area contributed by atoms with Gasteiger partial charge in [0.15, 0.2) is 24.7 Å². The molecule has 0 spiro atoms. The van der Waals surface area contributed by atoms with Gasteiger partial charge in [0, 0.05) is 32.9 Å². The van der Waals surface area contributed by atoms with E-state index in [9.17, 15) is 69.9 Å². The summed E-state index contributed by atoms with van der Waals surface area (Å²) >= 11 is 0. The fourth-order valence-corrected chi connectivity index (χ4v) is 7.15. The molecule has 3 saturated heterocycles. The van der Waals surface area contributed by atoms with Crippen molar-refractivity contribution in [1.29, 1.82) is 0 Å². The van der Waals surface area contributed by atoms with E-state index in [1.165, 1.54) is 6.92 Å². The zero-order chi connectivity index (χ0) is 46.8. The second-order valence-corrected chi connectivity index (χ2v) is 15.6. The van der Waals surface area contributed by atoms with Crippen LogP contribution in [0, 0.1) is 0 Å². The highest BCUT2D eigenvalue weighted by molar-refractivity contribution is 5.87. The number of aliphatic hydroxyl groups excluding tert-OH is 10. The van der Waals surface area contributed by atoms with Gasteiger partial charge in [-0.05, 0) is 45.4 Å². The molecule has 0 bridgehead atoms. The molecule has 25 nitrogen and oxygen atoms in total. The smallest absolute Gasteiger partial charge is 0.246 e. The lowest BCUT2D eigenvalue weighted by Crippen LogP contribution is -2.68. The van der Waals surface area contributed by atoms with Crippen molar-refractivity contribution < 1.29 is 103 Å². The normalized spacial score (nSPS) is 33.8. The first-order chi connectivity index (χ1) is 30.0. The number of amides is 4. The number of unbranched alkanes of at least 4 members (excludes halogenated alkanes) is 2. The summed E-state index contributed by atoms with van der Waals surface area (Å²) in [6.45, 7) is -0.162. The SMILES string of the molecule is CC(=O)NC1[C@H](OCCCNC(=O)CCCCC(=O)NCCCC[C@H](NC(=O)CO)C(C)=O)OC(CO)[C@@H](O[C@@H]2OC(CO)[C@H](O)[C@H](O[C@H]3OC(CO)[C@H](O)C(O)[C@@H]3O)C2O)[C@@H]1O. The summed E-state index contributed by atoms with van der Waals surface area (Å²) in [5.74, 6) is -1.95. The van der Waals surface area contributed by atoms with Crippen LogP contribution in [-0.4, -0.2) is 225 Å². The summed E-state index contributed by atoms with van der Waals surface area (Å²) in [7, 11) is 0. The molecule has 3 heterocycles. The maximum Gasteiger partial charge on any atom is 0.246 e. The van der Waals surface area contributed by atoms with Gasteiger partial charge in [-0.1, -0.05) is 0 Å². The molecule has 3 aliphatic rings. The summed E-state index contributed by atoms with van der Waals surface area (Å²) in [6.07, 6.45) is -20.6. The average Bonchev–Trinajstić information content (AvgIpc) is 3.25. The minimum Gasteiger partial charge on any atom is -0.394 e. The summed E-state index contributed by atoms with van der Waals surface area (Å²) in [4.78, 5) is 59.7. The van der Waals surface area contributed by atoms with E-state index in [0.717, 1.165) is 6.92 Å². The zero-order valence-electron chi connectivity index (χ0n) is 35.3. The summed E-state index contributed by atoms with van der Waals surface area (Å²) < 4.78 is 34.0. The van der Waals surface area contributed by atoms with Crippen molar-refractivity contribution in [2.45, 2.75) is 163 Å². The van der Waals surface area contributed by atoms with Crippen molar-refractivity contribution in [2.24, 2.45) is 0 Å². The Morgan fingerprint density at radius 2 is 1.11 bits per heavy atom. The average molecular weight is 915 g/mol. The van der Waals surface area contributed by atoms with Gasteiger partial charge in [-0.3, -0.25) is 24.0 Å². The van der Waals surface area contributed by atoms with Gasteiger partial charge in [-0.15, -0.1) is 0 Å². The third-order valence-electron chi connectivity index (χ3n) is 10.7. The molecule has 3 fully saturated rings. The molecule has 16 atom stereocenters. The number of rotatable bonds is 26. The molecule has 6 unspecified atom stereocenters. The number of carbonyl (C=O) groups is 5. The van der Waals surface area contributed by atoms with Crippen molar-refractivity contribution in [3.63, 3.8) is 0 Å². The lowest BCUT2D eigenvalue weighted by molar-refractivity contribution is -0.376. The molecular weight excluding hydrogens is 848 g/mol. The molecule has 0 saturated carbocycles. The number of hydrogen-bond donors (Lipinski definition) is 14. The van der Waals surface area contributed by atoms with Crippen LogP contribution in [0.25, 0.3) is 0 Å². The predicted molar refractivity (Wildman–Crippen MR) is 209 cm³/mol. The van der Waals surface area contributed by atoms with E-state index in [0.29, 0.717) is 38.6 Å². The van der Waals surface area contributed by atoms with E-state index in [1.54, 1.807) is 0 Å². The number of aliphatic hydroxyl groups is 10. The van der Waals surface area contributed by atoms with Crippen molar-refractivity contribution in [3.05, 3.63) is 0 Å². The fourth-order valence-electron chi connectivity index (χ4n) is 7.15. The van der Waals surface area contributed by atoms with Gasteiger partial charge in [-0.2, -0.15) is 0 Å². The lowest BCUT2D eigenvalue weighted by Gasteiger charge is -2.48. The molecule has 14 N–H and O–H groups in total. The van der Waals surface area contributed by atoms with Crippen LogP contribution in [0.2, 0.25) is 0 Å². The third-order valence-corrected chi connectivity index (χ3v) is 10.7. The van der Waals surface area contributed by atoms with Crippen molar-refractivity contribution in [3.8, 4) is 0 Å². The van der Waals surface area contributed by atoms with Crippen molar-refractivity contribution in [2.75, 3.05) is 46.1 Å². The minimum absolute atomic E-state index is 0.0538. The molecule has 364 valence electrons. The Hall–Kier alpha value is -3.09. The number of Topliss-reactive ketones (excluding diaryl/α,β-unsaturated/α-hetero) is 1. The number of ketones is 1. The number of carbonyl (C=O) groups excluding carboxylic acids is 5. The van der Waals surface area contributed by atoms with Gasteiger partial charge in [0.1, 0.15) is 79.8 Å². The van der Waals surface area contributed by atoms with Crippen molar-refractivity contribution in [1.82, 2.24) is 21.3 Å². The largest absolute Gasteiger partial charge is 0.394 e. The van der Waals surface area contributed by atoms with Crippen LogP contribution in [0.5, 0.6) is 0 Å².